The first-order chi connectivity index (χ1) is 38.9. The van der Waals surface area contributed by atoms with E-state index in [0.29, 0.717) is 11.5 Å². The Morgan fingerprint density at radius 3 is 1.72 bits per heavy atom. The Labute approximate surface area is 486 Å². The minimum absolute atomic E-state index is 0. The first-order valence-electron chi connectivity index (χ1n) is 27.5. The van der Waals surface area contributed by atoms with E-state index < -0.39 is 0 Å². The van der Waals surface area contributed by atoms with Crippen LogP contribution in [0, 0.1) is 18.5 Å². The van der Waals surface area contributed by atoms with E-state index in [4.69, 9.17) is 9.72 Å². The molecule has 0 saturated carbocycles. The summed E-state index contributed by atoms with van der Waals surface area (Å²) < 4.78 is 15.9. The second kappa shape index (κ2) is 19.0. The van der Waals surface area contributed by atoms with Crippen LogP contribution in [0.15, 0.2) is 225 Å². The van der Waals surface area contributed by atoms with E-state index in [1.165, 1.54) is 27.5 Å². The van der Waals surface area contributed by atoms with Crippen molar-refractivity contribution in [3.63, 3.8) is 0 Å². The molecule has 14 aromatic rings. The van der Waals surface area contributed by atoms with Crippen molar-refractivity contribution >= 4 is 54.6 Å². The summed E-state index contributed by atoms with van der Waals surface area (Å²) in [6.45, 7) is 13.5. The molecule has 0 atom stereocenters. The first kappa shape index (κ1) is 50.2. The van der Waals surface area contributed by atoms with Gasteiger partial charge in [-0.2, -0.15) is 18.2 Å². The second-order valence-corrected chi connectivity index (χ2v) is 23.2. The molecule has 6 nitrogen and oxygen atoms in total. The molecule has 4 aromatic heterocycles. The molecule has 394 valence electrons. The molecular weight excluding hydrogens is 1170 g/mol. The van der Waals surface area contributed by atoms with Gasteiger partial charge in [0.2, 0.25) is 0 Å². The average molecular weight is 1230 g/mol. The topological polar surface area (TPSA) is 40.8 Å². The third-order valence-electron chi connectivity index (χ3n) is 16.3. The van der Waals surface area contributed by atoms with E-state index in [9.17, 15) is 0 Å². The van der Waals surface area contributed by atoms with Gasteiger partial charge in [0, 0.05) is 55.1 Å². The summed E-state index contributed by atoms with van der Waals surface area (Å²) >= 11 is 0. The van der Waals surface area contributed by atoms with Gasteiger partial charge in [-0.05, 0) is 120 Å². The predicted octanol–water partition coefficient (Wildman–Crippen LogP) is 18.3. The molecule has 1 aliphatic rings. The number of nitrogens with zero attached hydrogens (tertiary/aromatic N) is 5. The van der Waals surface area contributed by atoms with Crippen LogP contribution in [-0.2, 0) is 31.9 Å². The van der Waals surface area contributed by atoms with Gasteiger partial charge in [0.05, 0.1) is 33.4 Å². The summed E-state index contributed by atoms with van der Waals surface area (Å²) in [7, 11) is 0. The molecule has 0 saturated heterocycles. The average Bonchev–Trinajstić information content (AvgIpc) is 4.36. The minimum Gasteiger partial charge on any atom is -0.510 e. The number of fused-ring (bicyclic) bond motifs is 13. The maximum absolute atomic E-state index is 6.83. The van der Waals surface area contributed by atoms with Crippen molar-refractivity contribution in [3.05, 3.63) is 254 Å². The number of para-hydroxylation sites is 5. The van der Waals surface area contributed by atoms with Gasteiger partial charge in [0.25, 0.3) is 6.33 Å². The molecule has 0 amide bonds. The van der Waals surface area contributed by atoms with E-state index in [0.717, 1.165) is 106 Å². The zero-order chi connectivity index (χ0) is 54.0. The van der Waals surface area contributed by atoms with Gasteiger partial charge in [-0.1, -0.05) is 193 Å². The molecule has 0 N–H and O–H groups in total. The van der Waals surface area contributed by atoms with Crippen LogP contribution in [0.2, 0.25) is 0 Å². The largest absolute Gasteiger partial charge is 0.510 e. The Bertz CT molecular complexity index is 4780. The summed E-state index contributed by atoms with van der Waals surface area (Å²) in [5.41, 5.74) is 20.6. The number of aromatic nitrogens is 5. The number of hydrogen-bond acceptors (Lipinski definition) is 2. The van der Waals surface area contributed by atoms with Crippen LogP contribution in [0.5, 0.6) is 11.5 Å². The standard InChI is InChI=1S/C74H55N5O.Pt/c1-73(2,3)49-35-32-47(33-36-49)48-34-38-56-54-20-7-8-21-55(54)61-25-16-30-67-71(61)77(72-62(63(56)42-48)26-17-31-68(72)78-64-27-12-9-22-57(64)58-23-10-13-28-65(58)78)46-76(67)51-18-15-19-52(44-51)80-53-37-39-60-59-24-11-14-29-66(59)79(69(60)45-53)70-43-50(40-41-75-70)74(4,5)6;/h7-43H,1-6H3;/q-2;. The van der Waals surface area contributed by atoms with Crippen molar-refractivity contribution < 1.29 is 30.4 Å². The first-order valence-corrected chi connectivity index (χ1v) is 27.5. The number of benzene rings is 10. The molecule has 15 rings (SSSR count). The fourth-order valence-electron chi connectivity index (χ4n) is 12.3. The van der Waals surface area contributed by atoms with Crippen molar-refractivity contribution in [1.29, 1.82) is 0 Å². The number of hydrogen-bond donors (Lipinski definition) is 0. The molecule has 0 unspecified atom stereocenters. The van der Waals surface area contributed by atoms with Gasteiger partial charge in [-0.15, -0.1) is 29.7 Å². The maximum atomic E-state index is 6.83. The third-order valence-corrected chi connectivity index (χ3v) is 16.3. The van der Waals surface area contributed by atoms with Crippen LogP contribution in [0.3, 0.4) is 0 Å². The van der Waals surface area contributed by atoms with Crippen LogP contribution in [-0.4, -0.2) is 18.7 Å². The minimum atomic E-state index is -0.0497. The summed E-state index contributed by atoms with van der Waals surface area (Å²) in [6, 6.07) is 86.3. The van der Waals surface area contributed by atoms with Crippen LogP contribution in [0.25, 0.3) is 122 Å². The van der Waals surface area contributed by atoms with E-state index in [1.807, 2.05) is 24.4 Å². The van der Waals surface area contributed by atoms with Gasteiger partial charge >= 0.3 is 0 Å². The summed E-state index contributed by atoms with van der Waals surface area (Å²) in [5.74, 6) is 1.97. The van der Waals surface area contributed by atoms with E-state index in [1.54, 1.807) is 0 Å². The van der Waals surface area contributed by atoms with E-state index >= 15 is 0 Å². The molecule has 0 spiro atoms. The zero-order valence-corrected chi connectivity index (χ0v) is 48.1. The van der Waals surface area contributed by atoms with Gasteiger partial charge in [-0.25, -0.2) is 4.98 Å². The molecule has 81 heavy (non-hydrogen) atoms. The van der Waals surface area contributed by atoms with E-state index in [2.05, 4.69) is 278 Å². The van der Waals surface area contributed by atoms with Crippen LogP contribution < -0.4 is 9.30 Å². The Kier molecular flexibility index (Phi) is 11.8. The second-order valence-electron chi connectivity index (χ2n) is 23.2. The SMILES string of the molecule is CC(C)(C)c1ccc(-c2ccc3c(c2)-c2cccc(-n4c5ccccc5c5ccccc54)c2-[n+]2[c-]n(-c4[c-]c(Oc5[c-]c6c(cc5)c5ccccc5n6-c5cc(C(C)(C)C)ccn5)ccc4)c4cccc(c42)-c2ccccc2-3)cc1.[Pt]. The molecule has 10 aromatic carbocycles. The zero-order valence-electron chi connectivity index (χ0n) is 45.8. The molecule has 1 aliphatic heterocycles. The number of pyridine rings is 1. The normalized spacial score (nSPS) is 12.2. The fourth-order valence-corrected chi connectivity index (χ4v) is 12.3. The van der Waals surface area contributed by atoms with Gasteiger partial charge in [0.15, 0.2) is 0 Å². The number of ether oxygens (including phenoxy) is 1. The Balaban J connectivity index is 0.00000589. The van der Waals surface area contributed by atoms with Crippen LogP contribution in [0.1, 0.15) is 52.7 Å². The number of rotatable bonds is 6. The summed E-state index contributed by atoms with van der Waals surface area (Å²) in [6.07, 6.45) is 5.92. The van der Waals surface area contributed by atoms with Crippen molar-refractivity contribution in [1.82, 2.24) is 18.7 Å². The van der Waals surface area contributed by atoms with Gasteiger partial charge < -0.3 is 18.4 Å². The molecule has 7 heteroatoms. The van der Waals surface area contributed by atoms with Crippen molar-refractivity contribution in [3.8, 4) is 78.9 Å². The third kappa shape index (κ3) is 8.18. The van der Waals surface area contributed by atoms with E-state index in [-0.39, 0.29) is 31.9 Å². The maximum Gasteiger partial charge on any atom is 0.268 e. The monoisotopic (exact) mass is 1220 g/mol. The smallest absolute Gasteiger partial charge is 0.268 e. The molecular formula is C74H55N5OPt-2. The Hall–Kier alpha value is -9.09. The van der Waals surface area contributed by atoms with Crippen LogP contribution >= 0.6 is 0 Å². The molecule has 0 fully saturated rings. The Morgan fingerprint density at radius 2 is 1.00 bits per heavy atom. The summed E-state index contributed by atoms with van der Waals surface area (Å²) in [4.78, 5) is 4.91. The van der Waals surface area contributed by atoms with Crippen molar-refractivity contribution in [2.45, 2.75) is 52.4 Å². The van der Waals surface area contributed by atoms with Gasteiger partial charge in [-0.3, -0.25) is 4.57 Å². The molecule has 0 radical (unpaired) electrons. The predicted molar refractivity (Wildman–Crippen MR) is 327 cm³/mol. The quantitative estimate of drug-likeness (QED) is 0.123. The van der Waals surface area contributed by atoms with Crippen LogP contribution in [0.4, 0.5) is 0 Å². The molecule has 0 bridgehead atoms. The number of imidazole rings is 1. The molecule has 0 aliphatic carbocycles. The van der Waals surface area contributed by atoms with Crippen molar-refractivity contribution in [2.75, 3.05) is 0 Å². The Morgan fingerprint density at radius 1 is 0.432 bits per heavy atom. The fraction of sp³-hybridized carbons (Fsp3) is 0.108. The van der Waals surface area contributed by atoms with Crippen molar-refractivity contribution in [2.24, 2.45) is 0 Å². The summed E-state index contributed by atoms with van der Waals surface area (Å²) in [5, 5.41) is 4.60. The molecule has 5 heterocycles. The van der Waals surface area contributed by atoms with Gasteiger partial charge in [0.1, 0.15) is 5.82 Å².